The van der Waals surface area contributed by atoms with Gasteiger partial charge in [-0.3, -0.25) is 4.79 Å². The van der Waals surface area contributed by atoms with E-state index >= 15 is 0 Å². The summed E-state index contributed by atoms with van der Waals surface area (Å²) in [4.78, 5) is 15.9. The van der Waals surface area contributed by atoms with Gasteiger partial charge in [0.05, 0.1) is 0 Å². The van der Waals surface area contributed by atoms with E-state index in [2.05, 4.69) is 51.4 Å². The van der Waals surface area contributed by atoms with E-state index in [0.29, 0.717) is 5.56 Å². The number of halogens is 1. The van der Waals surface area contributed by atoms with E-state index in [1.807, 2.05) is 24.3 Å². The van der Waals surface area contributed by atoms with Crippen LogP contribution in [0.1, 0.15) is 27.2 Å². The van der Waals surface area contributed by atoms with Gasteiger partial charge in [-0.2, -0.15) is 0 Å². The molecule has 0 saturated heterocycles. The molecule has 4 rings (SSSR count). The van der Waals surface area contributed by atoms with Crippen molar-refractivity contribution in [3.63, 3.8) is 0 Å². The van der Waals surface area contributed by atoms with Crippen molar-refractivity contribution in [1.29, 1.82) is 0 Å². The van der Waals surface area contributed by atoms with Crippen LogP contribution in [0.25, 0.3) is 10.9 Å². The minimum absolute atomic E-state index is 0.0121. The van der Waals surface area contributed by atoms with Gasteiger partial charge in [-0.05, 0) is 49.2 Å². The van der Waals surface area contributed by atoms with Gasteiger partial charge in [-0.15, -0.1) is 0 Å². The normalized spacial score (nSPS) is 16.5. The molecular weight excluding hydrogens is 352 g/mol. The van der Waals surface area contributed by atoms with Crippen molar-refractivity contribution in [3.8, 4) is 0 Å². The number of rotatable bonds is 2. The fourth-order valence-electron chi connectivity index (χ4n) is 3.39. The smallest absolute Gasteiger partial charge is 0.251 e. The number of H-pyrrole nitrogens is 1. The van der Waals surface area contributed by atoms with Gasteiger partial charge >= 0.3 is 0 Å². The van der Waals surface area contributed by atoms with Crippen LogP contribution in [0.2, 0.25) is 0 Å². The Labute approximate surface area is 143 Å². The van der Waals surface area contributed by atoms with Crippen molar-refractivity contribution in [1.82, 2.24) is 10.3 Å². The number of aromatic amines is 1. The van der Waals surface area contributed by atoms with Crippen LogP contribution in [0.5, 0.6) is 0 Å². The van der Waals surface area contributed by atoms with E-state index in [-0.39, 0.29) is 11.9 Å². The van der Waals surface area contributed by atoms with Crippen LogP contribution in [0.15, 0.2) is 46.9 Å². The number of benzene rings is 2. The lowest BCUT2D eigenvalue weighted by molar-refractivity contribution is 0.0938. The van der Waals surface area contributed by atoms with Crippen LogP contribution in [0.3, 0.4) is 0 Å². The fraction of sp³-hybridized carbons (Fsp3) is 0.211. The number of hydrogen-bond donors (Lipinski definition) is 2. The number of aromatic nitrogens is 1. The maximum atomic E-state index is 12.4. The number of carbonyl (C=O) groups is 1. The minimum Gasteiger partial charge on any atom is -0.358 e. The molecule has 1 unspecified atom stereocenters. The number of amides is 1. The highest BCUT2D eigenvalue weighted by molar-refractivity contribution is 9.10. The number of aryl methyl sites for hydroxylation is 1. The summed E-state index contributed by atoms with van der Waals surface area (Å²) in [6.45, 7) is 2.11. The maximum Gasteiger partial charge on any atom is 0.251 e. The molecule has 1 heterocycles. The Hall–Kier alpha value is -2.07. The summed E-state index contributed by atoms with van der Waals surface area (Å²) in [7, 11) is 0. The van der Waals surface area contributed by atoms with Crippen LogP contribution in [-0.2, 0) is 12.8 Å². The minimum atomic E-state index is -0.0121. The van der Waals surface area contributed by atoms with Crippen LogP contribution < -0.4 is 5.32 Å². The largest absolute Gasteiger partial charge is 0.358 e. The van der Waals surface area contributed by atoms with E-state index in [1.165, 1.54) is 27.7 Å². The first kappa shape index (κ1) is 14.5. The summed E-state index contributed by atoms with van der Waals surface area (Å²) in [5.41, 5.74) is 5.75. The highest BCUT2D eigenvalue weighted by Gasteiger charge is 2.26. The zero-order valence-corrected chi connectivity index (χ0v) is 14.4. The molecule has 116 valence electrons. The molecule has 23 heavy (non-hydrogen) atoms. The van der Waals surface area contributed by atoms with Gasteiger partial charge in [0.15, 0.2) is 0 Å². The predicted octanol–water partition coefficient (Wildman–Crippen LogP) is 4.14. The quantitative estimate of drug-likeness (QED) is 0.701. The van der Waals surface area contributed by atoms with Crippen molar-refractivity contribution in [2.75, 3.05) is 0 Å². The zero-order chi connectivity index (χ0) is 16.0. The zero-order valence-electron chi connectivity index (χ0n) is 12.8. The molecule has 0 saturated carbocycles. The second-order valence-electron chi connectivity index (χ2n) is 6.22. The topological polar surface area (TPSA) is 44.9 Å². The first-order valence-corrected chi connectivity index (χ1v) is 8.56. The molecule has 1 amide bonds. The molecule has 0 bridgehead atoms. The molecular formula is C19H17BrN2O. The Morgan fingerprint density at radius 2 is 2.09 bits per heavy atom. The fourth-order valence-corrected chi connectivity index (χ4v) is 3.79. The van der Waals surface area contributed by atoms with E-state index in [0.717, 1.165) is 17.3 Å². The van der Waals surface area contributed by atoms with Gasteiger partial charge < -0.3 is 10.3 Å². The summed E-state index contributed by atoms with van der Waals surface area (Å²) in [5, 5.41) is 4.45. The third-order valence-corrected chi connectivity index (χ3v) is 4.97. The molecule has 3 nitrogen and oxygen atoms in total. The van der Waals surface area contributed by atoms with E-state index in [9.17, 15) is 4.79 Å². The van der Waals surface area contributed by atoms with Crippen LogP contribution in [0.4, 0.5) is 0 Å². The number of carbonyl (C=O) groups excluding carboxylic acids is 1. The average Bonchev–Trinajstić information content (AvgIpc) is 3.05. The van der Waals surface area contributed by atoms with Gasteiger partial charge in [0.25, 0.3) is 5.91 Å². The lowest BCUT2D eigenvalue weighted by Crippen LogP contribution is -2.35. The van der Waals surface area contributed by atoms with Crippen molar-refractivity contribution in [2.45, 2.75) is 25.8 Å². The number of nitrogens with one attached hydrogen (secondary N) is 2. The van der Waals surface area contributed by atoms with E-state index in [1.54, 1.807) is 0 Å². The summed E-state index contributed by atoms with van der Waals surface area (Å²) in [6.07, 6.45) is 1.75. The summed E-state index contributed by atoms with van der Waals surface area (Å²) in [6, 6.07) is 14.1. The van der Waals surface area contributed by atoms with Gasteiger partial charge in [0, 0.05) is 39.1 Å². The van der Waals surface area contributed by atoms with Gasteiger partial charge in [0.2, 0.25) is 0 Å². The highest BCUT2D eigenvalue weighted by atomic mass is 79.9. The van der Waals surface area contributed by atoms with Crippen molar-refractivity contribution >= 4 is 32.7 Å². The Balaban J connectivity index is 1.54. The molecule has 4 heteroatoms. The summed E-state index contributed by atoms with van der Waals surface area (Å²) < 4.78 is 0.920. The molecule has 0 aliphatic heterocycles. The van der Waals surface area contributed by atoms with Crippen LogP contribution in [0, 0.1) is 6.92 Å². The van der Waals surface area contributed by atoms with Crippen molar-refractivity contribution in [2.24, 2.45) is 0 Å². The van der Waals surface area contributed by atoms with Crippen LogP contribution >= 0.6 is 15.9 Å². The molecule has 2 aromatic carbocycles. The molecule has 2 N–H and O–H groups in total. The van der Waals surface area contributed by atoms with Crippen LogP contribution in [-0.4, -0.2) is 16.9 Å². The van der Waals surface area contributed by atoms with E-state index in [4.69, 9.17) is 0 Å². The first-order valence-electron chi connectivity index (χ1n) is 7.76. The van der Waals surface area contributed by atoms with Gasteiger partial charge in [-0.25, -0.2) is 0 Å². The number of fused-ring (bicyclic) bond motifs is 3. The predicted molar refractivity (Wildman–Crippen MR) is 95.8 cm³/mol. The monoisotopic (exact) mass is 368 g/mol. The maximum absolute atomic E-state index is 12.4. The lowest BCUT2D eigenvalue weighted by atomic mass is 10.1. The first-order chi connectivity index (χ1) is 11.1. The van der Waals surface area contributed by atoms with Crippen molar-refractivity contribution < 1.29 is 4.79 Å². The summed E-state index contributed by atoms with van der Waals surface area (Å²) in [5.74, 6) is -0.0121. The Bertz CT molecular complexity index is 913. The third-order valence-electron chi connectivity index (χ3n) is 4.47. The molecule has 1 aliphatic carbocycles. The molecule has 0 spiro atoms. The Kier molecular flexibility index (Phi) is 3.49. The van der Waals surface area contributed by atoms with E-state index < -0.39 is 0 Å². The molecule has 1 atom stereocenters. The molecule has 1 aliphatic rings. The molecule has 0 fully saturated rings. The second kappa shape index (κ2) is 5.53. The number of hydrogen-bond acceptors (Lipinski definition) is 1. The highest BCUT2D eigenvalue weighted by Crippen LogP contribution is 2.30. The van der Waals surface area contributed by atoms with Gasteiger partial charge in [-0.1, -0.05) is 33.6 Å². The standard InChI is InChI=1S/C19H17BrN2O/c1-11-5-6-17-15(7-11)16-9-14(10-18(16)22-17)21-19(23)12-3-2-4-13(20)8-12/h2-8,14,22H,9-10H2,1H3,(H,21,23). The molecule has 1 aromatic heterocycles. The molecule has 0 radical (unpaired) electrons. The second-order valence-corrected chi connectivity index (χ2v) is 7.14. The Morgan fingerprint density at radius 1 is 1.22 bits per heavy atom. The van der Waals surface area contributed by atoms with Crippen molar-refractivity contribution in [3.05, 3.63) is 69.3 Å². The summed E-state index contributed by atoms with van der Waals surface area (Å²) >= 11 is 3.41. The SMILES string of the molecule is Cc1ccc2[nH]c3c(c2c1)CC(NC(=O)c1cccc(Br)c1)C3. The third kappa shape index (κ3) is 2.68. The Morgan fingerprint density at radius 3 is 2.91 bits per heavy atom. The lowest BCUT2D eigenvalue weighted by Gasteiger charge is -2.12. The molecule has 3 aromatic rings. The average molecular weight is 369 g/mol. The van der Waals surface area contributed by atoms with Gasteiger partial charge in [0.1, 0.15) is 0 Å².